The Bertz CT molecular complexity index is 3120. The number of benzene rings is 6. The van der Waals surface area contributed by atoms with E-state index in [2.05, 4.69) is 245 Å². The summed E-state index contributed by atoms with van der Waals surface area (Å²) in [6, 6.07) is 49.5. The van der Waals surface area contributed by atoms with Gasteiger partial charge < -0.3 is 14.5 Å². The molecule has 1 aliphatic rings. The normalized spacial score (nSPS) is 13.6. The summed E-state index contributed by atoms with van der Waals surface area (Å²) in [6.07, 6.45) is 1.93. The number of anilines is 4. The SMILES string of the molecule is CC(C)c1cc(-c2cc(N3CN(c4cc(Oc5ccc6c7ccccc7n(-c7cc(C(C)(C)C)ccn7)c6c5)cc(C(C)(C)C)c4)c4ccccc43)cc(C(C)(C)C)c2)cc(C(C)(C)C)c1. The van der Waals surface area contributed by atoms with Gasteiger partial charge in [0.2, 0.25) is 0 Å². The number of rotatable bonds is 7. The van der Waals surface area contributed by atoms with Gasteiger partial charge in [-0.1, -0.05) is 152 Å². The van der Waals surface area contributed by atoms with Crippen molar-refractivity contribution < 1.29 is 4.74 Å². The first-order valence-corrected chi connectivity index (χ1v) is 23.8. The minimum absolute atomic E-state index is 0.0108. The maximum Gasteiger partial charge on any atom is 0.137 e. The van der Waals surface area contributed by atoms with Gasteiger partial charge in [-0.2, -0.15) is 0 Å². The number of pyridine rings is 1. The standard InChI is InChI=1S/C61H68N4O/c1-39(2)40-27-41(29-44(28-40)59(6,7)8)42-30-45(60(9,10)11)32-47(31-42)63-38-64(55-22-18-17-21-54(55)63)48-33-46(61(12,13)14)34-50(36-48)66-49-23-24-52-51-19-15-16-20-53(51)65(56(52)37-49)57-35-43(25-26-62-57)58(3,4)5/h15-37,39H,38H2,1-14H3. The van der Waals surface area contributed by atoms with Gasteiger partial charge in [0.05, 0.1) is 22.4 Å². The first kappa shape index (κ1) is 44.9. The van der Waals surface area contributed by atoms with Crippen molar-refractivity contribution in [1.82, 2.24) is 9.55 Å². The molecule has 9 rings (SSSR count). The first-order chi connectivity index (χ1) is 31.0. The first-order valence-electron chi connectivity index (χ1n) is 23.8. The topological polar surface area (TPSA) is 33.5 Å². The highest BCUT2D eigenvalue weighted by Crippen LogP contribution is 2.48. The molecule has 0 radical (unpaired) electrons. The van der Waals surface area contributed by atoms with E-state index >= 15 is 0 Å². The highest BCUT2D eigenvalue weighted by Gasteiger charge is 2.31. The summed E-state index contributed by atoms with van der Waals surface area (Å²) in [5, 5.41) is 2.36. The molecule has 5 heteroatoms. The zero-order valence-corrected chi connectivity index (χ0v) is 41.8. The molecular weight excluding hydrogens is 805 g/mol. The number of ether oxygens (including phenoxy) is 1. The van der Waals surface area contributed by atoms with Gasteiger partial charge in [0.15, 0.2) is 0 Å². The fourth-order valence-electron chi connectivity index (χ4n) is 9.24. The largest absolute Gasteiger partial charge is 0.457 e. The highest BCUT2D eigenvalue weighted by molar-refractivity contribution is 6.09. The van der Waals surface area contributed by atoms with Crippen LogP contribution in [-0.4, -0.2) is 16.2 Å². The Hall–Kier alpha value is -6.33. The van der Waals surface area contributed by atoms with Crippen molar-refractivity contribution in [2.75, 3.05) is 16.5 Å². The van der Waals surface area contributed by atoms with E-state index in [9.17, 15) is 0 Å². The van der Waals surface area contributed by atoms with Crippen molar-refractivity contribution in [3.63, 3.8) is 0 Å². The molecule has 5 nitrogen and oxygen atoms in total. The third-order valence-electron chi connectivity index (χ3n) is 13.5. The molecule has 6 aromatic carbocycles. The Morgan fingerprint density at radius 3 is 1.64 bits per heavy atom. The van der Waals surface area contributed by atoms with Crippen molar-refractivity contribution in [3.05, 3.63) is 167 Å². The number of nitrogens with zero attached hydrogens (tertiary/aromatic N) is 4. The van der Waals surface area contributed by atoms with Crippen molar-refractivity contribution in [1.29, 1.82) is 0 Å². The molecule has 0 aliphatic carbocycles. The molecule has 0 unspecified atom stereocenters. The molecule has 0 atom stereocenters. The van der Waals surface area contributed by atoms with E-state index < -0.39 is 0 Å². The zero-order chi connectivity index (χ0) is 47.1. The van der Waals surface area contributed by atoms with Gasteiger partial charge >= 0.3 is 0 Å². The van der Waals surface area contributed by atoms with E-state index in [1.165, 1.54) is 66.8 Å². The molecule has 66 heavy (non-hydrogen) atoms. The second kappa shape index (κ2) is 16.2. The van der Waals surface area contributed by atoms with Crippen molar-refractivity contribution in [2.24, 2.45) is 0 Å². The van der Waals surface area contributed by atoms with E-state index in [4.69, 9.17) is 9.72 Å². The lowest BCUT2D eigenvalue weighted by Gasteiger charge is -2.28. The Morgan fingerprint density at radius 1 is 0.470 bits per heavy atom. The van der Waals surface area contributed by atoms with Crippen LogP contribution >= 0.6 is 0 Å². The molecule has 0 amide bonds. The summed E-state index contributed by atoms with van der Waals surface area (Å²) in [6.45, 7) is 32.8. The van der Waals surface area contributed by atoms with E-state index in [-0.39, 0.29) is 21.7 Å². The molecule has 0 spiro atoms. The lowest BCUT2D eigenvalue weighted by molar-refractivity contribution is 0.479. The highest BCUT2D eigenvalue weighted by atomic mass is 16.5. The van der Waals surface area contributed by atoms with Gasteiger partial charge in [-0.25, -0.2) is 4.98 Å². The van der Waals surface area contributed by atoms with Crippen LogP contribution in [0.2, 0.25) is 0 Å². The summed E-state index contributed by atoms with van der Waals surface area (Å²) < 4.78 is 9.27. The van der Waals surface area contributed by atoms with Crippen LogP contribution in [0.3, 0.4) is 0 Å². The summed E-state index contributed by atoms with van der Waals surface area (Å²) >= 11 is 0. The maximum absolute atomic E-state index is 6.99. The van der Waals surface area contributed by atoms with Crippen LogP contribution in [0.15, 0.2) is 140 Å². The molecule has 2 aromatic heterocycles. The number of hydrogen-bond acceptors (Lipinski definition) is 4. The van der Waals surface area contributed by atoms with Gasteiger partial charge in [-0.3, -0.25) is 4.57 Å². The molecule has 0 bridgehead atoms. The van der Waals surface area contributed by atoms with Crippen molar-refractivity contribution in [3.8, 4) is 28.4 Å². The van der Waals surface area contributed by atoms with Gasteiger partial charge in [-0.15, -0.1) is 0 Å². The van der Waals surface area contributed by atoms with Crippen LogP contribution in [-0.2, 0) is 21.7 Å². The van der Waals surface area contributed by atoms with Crippen LogP contribution in [0.5, 0.6) is 11.5 Å². The molecule has 1 aliphatic heterocycles. The Kier molecular flexibility index (Phi) is 11.0. The van der Waals surface area contributed by atoms with E-state index in [1.807, 2.05) is 6.20 Å². The minimum atomic E-state index is -0.125. The molecule has 338 valence electrons. The number of fused-ring (bicyclic) bond motifs is 4. The second-order valence-electron chi connectivity index (χ2n) is 23.0. The Balaban J connectivity index is 1.13. The van der Waals surface area contributed by atoms with E-state index in [0.29, 0.717) is 12.6 Å². The van der Waals surface area contributed by atoms with Crippen molar-refractivity contribution >= 4 is 44.6 Å². The van der Waals surface area contributed by atoms with Crippen LogP contribution in [0.25, 0.3) is 38.8 Å². The van der Waals surface area contributed by atoms with Gasteiger partial charge in [0, 0.05) is 40.5 Å². The number of para-hydroxylation sites is 3. The fraction of sp³-hybridized carbons (Fsp3) is 0.328. The molecule has 0 fully saturated rings. The zero-order valence-electron chi connectivity index (χ0n) is 41.8. The van der Waals surface area contributed by atoms with Gasteiger partial charge in [0.1, 0.15) is 24.0 Å². The molecule has 8 aromatic rings. The predicted octanol–water partition coefficient (Wildman–Crippen LogP) is 17.2. The average molecular weight is 873 g/mol. The summed E-state index contributed by atoms with van der Waals surface area (Å²) in [4.78, 5) is 9.86. The third kappa shape index (κ3) is 8.61. The third-order valence-corrected chi connectivity index (χ3v) is 13.5. The maximum atomic E-state index is 6.99. The van der Waals surface area contributed by atoms with Crippen LogP contribution in [0.1, 0.15) is 131 Å². The number of aromatic nitrogens is 2. The lowest BCUT2D eigenvalue weighted by atomic mass is 9.81. The van der Waals surface area contributed by atoms with Gasteiger partial charge in [0.25, 0.3) is 0 Å². The molecule has 0 saturated heterocycles. The summed E-state index contributed by atoms with van der Waals surface area (Å²) in [5.41, 5.74) is 15.7. The van der Waals surface area contributed by atoms with E-state index in [0.717, 1.165) is 34.0 Å². The van der Waals surface area contributed by atoms with Gasteiger partial charge in [-0.05, 0) is 133 Å². The molecule has 0 saturated carbocycles. The van der Waals surface area contributed by atoms with Crippen molar-refractivity contribution in [2.45, 2.75) is 125 Å². The monoisotopic (exact) mass is 873 g/mol. The fourth-order valence-corrected chi connectivity index (χ4v) is 9.24. The molecular formula is C61H68N4O. The minimum Gasteiger partial charge on any atom is -0.457 e. The number of hydrogen-bond donors (Lipinski definition) is 0. The van der Waals surface area contributed by atoms with Crippen LogP contribution < -0.4 is 14.5 Å². The molecule has 3 heterocycles. The Morgan fingerprint density at radius 2 is 1.02 bits per heavy atom. The molecule has 0 N–H and O–H groups in total. The quantitative estimate of drug-likeness (QED) is 0.160. The van der Waals surface area contributed by atoms with E-state index in [1.54, 1.807) is 0 Å². The predicted molar refractivity (Wildman–Crippen MR) is 281 cm³/mol. The Labute approximate surface area is 394 Å². The summed E-state index contributed by atoms with van der Waals surface area (Å²) in [7, 11) is 0. The van der Waals surface area contributed by atoms with Crippen LogP contribution in [0, 0.1) is 0 Å². The average Bonchev–Trinajstić information content (AvgIpc) is 3.81. The van der Waals surface area contributed by atoms with Crippen LogP contribution in [0.4, 0.5) is 22.7 Å². The second-order valence-corrected chi connectivity index (χ2v) is 23.0. The lowest BCUT2D eigenvalue weighted by Crippen LogP contribution is -2.25. The summed E-state index contributed by atoms with van der Waals surface area (Å²) in [5.74, 6) is 2.91. The smallest absolute Gasteiger partial charge is 0.137 e.